The zero-order chi connectivity index (χ0) is 7.52. The van der Waals surface area contributed by atoms with E-state index >= 15 is 0 Å². The highest BCUT2D eigenvalue weighted by atomic mass is 16.5. The third kappa shape index (κ3) is 1.37. The maximum absolute atomic E-state index is 5.53. The number of fused-ring (bicyclic) bond motifs is 1. The molecule has 0 saturated carbocycles. The lowest BCUT2D eigenvalue weighted by Gasteiger charge is -2.04. The predicted octanol–water partition coefficient (Wildman–Crippen LogP) is 2.20. The van der Waals surface area contributed by atoms with E-state index in [1.165, 1.54) is 18.4 Å². The van der Waals surface area contributed by atoms with Gasteiger partial charge in [0.2, 0.25) is 0 Å². The largest absolute Gasteiger partial charge is 0.493 e. The molecular formula is C10H11O. The van der Waals surface area contributed by atoms with E-state index < -0.39 is 0 Å². The van der Waals surface area contributed by atoms with Gasteiger partial charge in [-0.25, -0.2) is 0 Å². The summed E-state index contributed by atoms with van der Waals surface area (Å²) in [5, 5.41) is 0. The van der Waals surface area contributed by atoms with Crippen LogP contribution in [0.4, 0.5) is 0 Å². The van der Waals surface area contributed by atoms with Crippen molar-refractivity contribution in [3.05, 3.63) is 29.8 Å². The molecule has 2 rings (SSSR count). The number of hydrogen-bond donors (Lipinski definition) is 0. The van der Waals surface area contributed by atoms with Crippen LogP contribution in [0.2, 0.25) is 0 Å². The van der Waals surface area contributed by atoms with Gasteiger partial charge >= 0.3 is 0 Å². The fourth-order valence-corrected chi connectivity index (χ4v) is 1.39. The molecule has 0 aliphatic carbocycles. The van der Waals surface area contributed by atoms with Crippen LogP contribution in [0.5, 0.6) is 5.75 Å². The molecule has 0 N–H and O–H groups in total. The van der Waals surface area contributed by atoms with Crippen molar-refractivity contribution in [1.82, 2.24) is 0 Å². The molecular weight excluding hydrogens is 136 g/mol. The summed E-state index contributed by atoms with van der Waals surface area (Å²) in [6.07, 6.45) is 3.56. The second-order valence-electron chi connectivity index (χ2n) is 2.84. The summed E-state index contributed by atoms with van der Waals surface area (Å²) in [5.41, 5.74) is 1.31. The van der Waals surface area contributed by atoms with E-state index in [9.17, 15) is 0 Å². The zero-order valence-electron chi connectivity index (χ0n) is 6.47. The van der Waals surface area contributed by atoms with Crippen LogP contribution < -0.4 is 4.74 Å². The summed E-state index contributed by atoms with van der Waals surface area (Å²) in [6.45, 7) is 0.872. The molecule has 0 aromatic heterocycles. The van der Waals surface area contributed by atoms with Crippen LogP contribution in [-0.4, -0.2) is 6.61 Å². The fourth-order valence-electron chi connectivity index (χ4n) is 1.39. The van der Waals surface area contributed by atoms with Crippen LogP contribution >= 0.6 is 0 Å². The first kappa shape index (κ1) is 6.71. The van der Waals surface area contributed by atoms with E-state index in [1.807, 2.05) is 18.2 Å². The Morgan fingerprint density at radius 2 is 2.36 bits per heavy atom. The zero-order valence-corrected chi connectivity index (χ0v) is 6.47. The molecule has 57 valence electrons. The number of aryl methyl sites for hydroxylation is 1. The summed E-state index contributed by atoms with van der Waals surface area (Å²) in [7, 11) is 0. The van der Waals surface area contributed by atoms with Crippen molar-refractivity contribution in [1.29, 1.82) is 0 Å². The van der Waals surface area contributed by atoms with E-state index in [2.05, 4.69) is 6.07 Å². The van der Waals surface area contributed by atoms with Gasteiger partial charge in [-0.1, -0.05) is 6.07 Å². The Labute approximate surface area is 67.0 Å². The van der Waals surface area contributed by atoms with E-state index in [4.69, 9.17) is 4.74 Å². The molecule has 1 radical (unpaired) electrons. The molecule has 0 atom stereocenters. The minimum Gasteiger partial charge on any atom is -0.493 e. The number of ether oxygens (including phenoxy) is 1. The number of rotatable bonds is 0. The lowest BCUT2D eigenvalue weighted by molar-refractivity contribution is 0.317. The van der Waals surface area contributed by atoms with Gasteiger partial charge in [-0.3, -0.25) is 0 Å². The van der Waals surface area contributed by atoms with Gasteiger partial charge < -0.3 is 4.74 Å². The molecule has 1 aliphatic rings. The maximum Gasteiger partial charge on any atom is 0.122 e. The van der Waals surface area contributed by atoms with Crippen LogP contribution in [0, 0.1) is 6.07 Å². The first-order valence-corrected chi connectivity index (χ1v) is 4.08. The Morgan fingerprint density at radius 1 is 1.36 bits per heavy atom. The van der Waals surface area contributed by atoms with E-state index in [0.29, 0.717) is 0 Å². The van der Waals surface area contributed by atoms with Gasteiger partial charge in [0.15, 0.2) is 0 Å². The fraction of sp³-hybridized carbons (Fsp3) is 0.400. The summed E-state index contributed by atoms with van der Waals surface area (Å²) < 4.78 is 5.53. The molecule has 0 bridgehead atoms. The Kier molecular flexibility index (Phi) is 1.80. The highest BCUT2D eigenvalue weighted by molar-refractivity contribution is 5.33. The van der Waals surface area contributed by atoms with Crippen molar-refractivity contribution in [3.8, 4) is 5.75 Å². The molecule has 1 nitrogen and oxygen atoms in total. The quantitative estimate of drug-likeness (QED) is 0.546. The van der Waals surface area contributed by atoms with Gasteiger partial charge in [0.25, 0.3) is 0 Å². The van der Waals surface area contributed by atoms with E-state index in [0.717, 1.165) is 18.8 Å². The average Bonchev–Trinajstić information content (AvgIpc) is 2.28. The maximum atomic E-state index is 5.53. The Morgan fingerprint density at radius 3 is 3.36 bits per heavy atom. The molecule has 0 amide bonds. The standard InChI is InChI=1S/C10H11O/c1-2-7-10-9(5-1)6-3-4-8-11-10/h2,5,7H,3-4,6,8H2. The first-order valence-electron chi connectivity index (χ1n) is 4.08. The number of benzene rings is 1. The molecule has 1 heteroatoms. The van der Waals surface area contributed by atoms with Crippen molar-refractivity contribution in [3.63, 3.8) is 0 Å². The van der Waals surface area contributed by atoms with Crippen LogP contribution in [-0.2, 0) is 6.42 Å². The Hall–Kier alpha value is -0.980. The second kappa shape index (κ2) is 2.95. The van der Waals surface area contributed by atoms with Crippen LogP contribution in [0.3, 0.4) is 0 Å². The molecule has 1 aromatic carbocycles. The molecule has 11 heavy (non-hydrogen) atoms. The van der Waals surface area contributed by atoms with Gasteiger partial charge in [0, 0.05) is 0 Å². The SMILES string of the molecule is [c]1ccc2c(c1)CCCCO2. The first-order chi connectivity index (χ1) is 5.47. The van der Waals surface area contributed by atoms with Crippen LogP contribution in [0.1, 0.15) is 18.4 Å². The number of hydrogen-bond acceptors (Lipinski definition) is 1. The predicted molar refractivity (Wildman–Crippen MR) is 43.7 cm³/mol. The average molecular weight is 147 g/mol. The summed E-state index contributed by atoms with van der Waals surface area (Å²) in [6, 6.07) is 9.00. The Balaban J connectivity index is 2.33. The Bertz CT molecular complexity index is 217. The van der Waals surface area contributed by atoms with Crippen LogP contribution in [0.15, 0.2) is 18.2 Å². The van der Waals surface area contributed by atoms with Crippen LogP contribution in [0.25, 0.3) is 0 Å². The van der Waals surface area contributed by atoms with Crippen molar-refractivity contribution in [2.24, 2.45) is 0 Å². The van der Waals surface area contributed by atoms with Crippen molar-refractivity contribution < 1.29 is 4.74 Å². The molecule has 1 aromatic rings. The molecule has 1 aliphatic heterocycles. The van der Waals surface area contributed by atoms with Gasteiger partial charge in [-0.2, -0.15) is 0 Å². The minimum atomic E-state index is 0.872. The third-order valence-electron chi connectivity index (χ3n) is 2.00. The normalized spacial score (nSPS) is 16.4. The van der Waals surface area contributed by atoms with Crippen molar-refractivity contribution >= 4 is 0 Å². The monoisotopic (exact) mass is 147 g/mol. The van der Waals surface area contributed by atoms with Gasteiger partial charge in [0.05, 0.1) is 6.61 Å². The molecule has 0 unspecified atom stereocenters. The smallest absolute Gasteiger partial charge is 0.122 e. The summed E-state index contributed by atoms with van der Waals surface area (Å²) >= 11 is 0. The summed E-state index contributed by atoms with van der Waals surface area (Å²) in [5.74, 6) is 1.06. The topological polar surface area (TPSA) is 9.23 Å². The molecule has 1 heterocycles. The molecule has 0 spiro atoms. The molecule has 0 saturated heterocycles. The second-order valence-corrected chi connectivity index (χ2v) is 2.84. The van der Waals surface area contributed by atoms with Crippen molar-refractivity contribution in [2.45, 2.75) is 19.3 Å². The third-order valence-corrected chi connectivity index (χ3v) is 2.00. The van der Waals surface area contributed by atoms with Gasteiger partial charge in [-0.15, -0.1) is 0 Å². The van der Waals surface area contributed by atoms with E-state index in [-0.39, 0.29) is 0 Å². The highest BCUT2D eigenvalue weighted by Crippen LogP contribution is 2.22. The van der Waals surface area contributed by atoms with E-state index in [1.54, 1.807) is 0 Å². The lowest BCUT2D eigenvalue weighted by Crippen LogP contribution is -1.93. The molecule has 0 fully saturated rings. The minimum absolute atomic E-state index is 0.872. The lowest BCUT2D eigenvalue weighted by atomic mass is 10.1. The highest BCUT2D eigenvalue weighted by Gasteiger charge is 2.06. The van der Waals surface area contributed by atoms with Gasteiger partial charge in [-0.05, 0) is 43.0 Å². The summed E-state index contributed by atoms with van der Waals surface area (Å²) in [4.78, 5) is 0. The van der Waals surface area contributed by atoms with Crippen molar-refractivity contribution in [2.75, 3.05) is 6.61 Å². The van der Waals surface area contributed by atoms with Gasteiger partial charge in [0.1, 0.15) is 5.75 Å².